The number of ether oxygens (including phenoxy) is 2. The molecular formula is C11H14F3NO2. The molecule has 1 unspecified atom stereocenters. The van der Waals surface area contributed by atoms with E-state index in [1.165, 1.54) is 13.2 Å². The molecule has 1 aromatic rings. The second-order valence-corrected chi connectivity index (χ2v) is 3.57. The van der Waals surface area contributed by atoms with Crippen LogP contribution in [-0.4, -0.2) is 19.4 Å². The van der Waals surface area contributed by atoms with Crippen molar-refractivity contribution in [1.29, 1.82) is 0 Å². The van der Waals surface area contributed by atoms with Crippen molar-refractivity contribution in [1.82, 2.24) is 0 Å². The molecule has 96 valence electrons. The van der Waals surface area contributed by atoms with Gasteiger partial charge in [0.25, 0.3) is 0 Å². The van der Waals surface area contributed by atoms with Crippen LogP contribution in [0.2, 0.25) is 0 Å². The number of nitrogens with two attached hydrogens (primary N) is 1. The lowest BCUT2D eigenvalue weighted by molar-refractivity contribution is -0.217. The lowest BCUT2D eigenvalue weighted by atomic mass is 10.2. The molecule has 2 N–H and O–H groups in total. The number of halogens is 3. The summed E-state index contributed by atoms with van der Waals surface area (Å²) in [7, 11) is 1.43. The average Bonchev–Trinajstić information content (AvgIpc) is 2.24. The first kappa shape index (κ1) is 13.6. The van der Waals surface area contributed by atoms with Crippen molar-refractivity contribution in [3.8, 4) is 5.75 Å². The highest BCUT2D eigenvalue weighted by molar-refractivity contribution is 5.47. The number of rotatable bonds is 4. The van der Waals surface area contributed by atoms with Gasteiger partial charge in [0, 0.05) is 11.3 Å². The number of benzene rings is 1. The third-order valence-corrected chi connectivity index (χ3v) is 2.25. The Morgan fingerprint density at radius 2 is 2.00 bits per heavy atom. The van der Waals surface area contributed by atoms with Crippen LogP contribution in [0.4, 0.5) is 18.9 Å². The zero-order valence-electron chi connectivity index (χ0n) is 9.54. The molecule has 0 aromatic heterocycles. The van der Waals surface area contributed by atoms with E-state index in [9.17, 15) is 13.2 Å². The highest BCUT2D eigenvalue weighted by Gasteiger charge is 2.36. The van der Waals surface area contributed by atoms with Crippen LogP contribution in [0.25, 0.3) is 0 Å². The number of anilines is 1. The van der Waals surface area contributed by atoms with Crippen LogP contribution in [0.3, 0.4) is 0 Å². The van der Waals surface area contributed by atoms with E-state index in [0.29, 0.717) is 17.0 Å². The fourth-order valence-electron chi connectivity index (χ4n) is 1.22. The molecule has 0 fully saturated rings. The highest BCUT2D eigenvalue weighted by Crippen LogP contribution is 2.26. The summed E-state index contributed by atoms with van der Waals surface area (Å²) < 4.78 is 46.4. The van der Waals surface area contributed by atoms with Gasteiger partial charge in [-0.2, -0.15) is 13.2 Å². The Bertz CT molecular complexity index is 379. The van der Waals surface area contributed by atoms with Crippen molar-refractivity contribution in [2.24, 2.45) is 0 Å². The van der Waals surface area contributed by atoms with Crippen molar-refractivity contribution in [3.63, 3.8) is 0 Å². The normalized spacial score (nSPS) is 13.5. The minimum Gasteiger partial charge on any atom is -0.496 e. The molecule has 1 rings (SSSR count). The summed E-state index contributed by atoms with van der Waals surface area (Å²) in [6.45, 7) is 0.758. The van der Waals surface area contributed by atoms with E-state index in [2.05, 4.69) is 0 Å². The van der Waals surface area contributed by atoms with Crippen LogP contribution >= 0.6 is 0 Å². The molecular weight excluding hydrogens is 235 g/mol. The smallest absolute Gasteiger partial charge is 0.414 e. The van der Waals surface area contributed by atoms with Crippen LogP contribution in [0.1, 0.15) is 12.5 Å². The van der Waals surface area contributed by atoms with Gasteiger partial charge in [-0.05, 0) is 25.1 Å². The first-order valence-electron chi connectivity index (χ1n) is 4.95. The predicted octanol–water partition coefficient (Wildman–Crippen LogP) is 2.74. The summed E-state index contributed by atoms with van der Waals surface area (Å²) in [5.41, 5.74) is 6.48. The predicted molar refractivity (Wildman–Crippen MR) is 57.7 cm³/mol. The van der Waals surface area contributed by atoms with Crippen LogP contribution < -0.4 is 10.5 Å². The Morgan fingerprint density at radius 3 is 2.53 bits per heavy atom. The third-order valence-electron chi connectivity index (χ3n) is 2.25. The minimum atomic E-state index is -4.37. The van der Waals surface area contributed by atoms with E-state index in [-0.39, 0.29) is 6.61 Å². The molecule has 0 amide bonds. The fourth-order valence-corrected chi connectivity index (χ4v) is 1.22. The van der Waals surface area contributed by atoms with E-state index in [4.69, 9.17) is 15.2 Å². The van der Waals surface area contributed by atoms with Gasteiger partial charge in [-0.15, -0.1) is 0 Å². The van der Waals surface area contributed by atoms with E-state index >= 15 is 0 Å². The van der Waals surface area contributed by atoms with Crippen LogP contribution in [0, 0.1) is 0 Å². The average molecular weight is 249 g/mol. The Kier molecular flexibility index (Phi) is 4.22. The van der Waals surface area contributed by atoms with Crippen molar-refractivity contribution in [3.05, 3.63) is 23.8 Å². The first-order chi connectivity index (χ1) is 7.84. The zero-order valence-corrected chi connectivity index (χ0v) is 9.54. The second-order valence-electron chi connectivity index (χ2n) is 3.57. The molecule has 1 aromatic carbocycles. The molecule has 0 heterocycles. The van der Waals surface area contributed by atoms with Crippen LogP contribution in [0.5, 0.6) is 5.75 Å². The molecule has 0 spiro atoms. The molecule has 0 aliphatic heterocycles. The summed E-state index contributed by atoms with van der Waals surface area (Å²) in [5, 5.41) is 0. The minimum absolute atomic E-state index is 0.200. The van der Waals surface area contributed by atoms with Gasteiger partial charge < -0.3 is 15.2 Å². The SMILES string of the molecule is COc1ccc(N)cc1COC(C)C(F)(F)F. The molecule has 0 saturated heterocycles. The van der Waals surface area contributed by atoms with Crippen LogP contribution in [-0.2, 0) is 11.3 Å². The van der Waals surface area contributed by atoms with Gasteiger partial charge in [0.2, 0.25) is 0 Å². The van der Waals surface area contributed by atoms with Gasteiger partial charge in [-0.25, -0.2) is 0 Å². The molecule has 0 radical (unpaired) electrons. The Balaban J connectivity index is 2.72. The standard InChI is InChI=1S/C11H14F3NO2/c1-7(11(12,13)14)17-6-8-5-9(15)3-4-10(8)16-2/h3-5,7H,6,15H2,1-2H3. The number of alkyl halides is 3. The van der Waals surface area contributed by atoms with Gasteiger partial charge >= 0.3 is 6.18 Å². The second kappa shape index (κ2) is 5.27. The van der Waals surface area contributed by atoms with E-state index in [0.717, 1.165) is 6.92 Å². The highest BCUT2D eigenvalue weighted by atomic mass is 19.4. The zero-order chi connectivity index (χ0) is 13.1. The van der Waals surface area contributed by atoms with E-state index < -0.39 is 12.3 Å². The fraction of sp³-hybridized carbons (Fsp3) is 0.455. The quantitative estimate of drug-likeness (QED) is 0.834. The van der Waals surface area contributed by atoms with Gasteiger partial charge in [0.15, 0.2) is 6.10 Å². The Morgan fingerprint density at radius 1 is 1.35 bits per heavy atom. The van der Waals surface area contributed by atoms with Gasteiger partial charge in [-0.3, -0.25) is 0 Å². The van der Waals surface area contributed by atoms with Gasteiger partial charge in [-0.1, -0.05) is 0 Å². The number of hydrogen-bond acceptors (Lipinski definition) is 3. The molecule has 0 saturated carbocycles. The first-order valence-corrected chi connectivity index (χ1v) is 4.95. The maximum absolute atomic E-state index is 12.2. The van der Waals surface area contributed by atoms with Crippen molar-refractivity contribution in [2.45, 2.75) is 25.8 Å². The summed E-state index contributed by atoms with van der Waals surface area (Å²) >= 11 is 0. The van der Waals surface area contributed by atoms with Crippen molar-refractivity contribution in [2.75, 3.05) is 12.8 Å². The molecule has 0 aliphatic carbocycles. The molecule has 0 bridgehead atoms. The topological polar surface area (TPSA) is 44.5 Å². The number of nitrogen functional groups attached to an aromatic ring is 1. The van der Waals surface area contributed by atoms with Crippen molar-refractivity contribution < 1.29 is 22.6 Å². The summed E-state index contributed by atoms with van der Waals surface area (Å²) in [5.74, 6) is 0.452. The van der Waals surface area contributed by atoms with Gasteiger partial charge in [0.05, 0.1) is 13.7 Å². The lowest BCUT2D eigenvalue weighted by Crippen LogP contribution is -2.28. The van der Waals surface area contributed by atoms with E-state index in [1.54, 1.807) is 12.1 Å². The molecule has 6 heteroatoms. The molecule has 17 heavy (non-hydrogen) atoms. The summed E-state index contributed by atoms with van der Waals surface area (Å²) in [4.78, 5) is 0. The number of methoxy groups -OCH3 is 1. The van der Waals surface area contributed by atoms with Crippen molar-refractivity contribution >= 4 is 5.69 Å². The Hall–Kier alpha value is -1.43. The summed E-state index contributed by atoms with van der Waals surface area (Å²) in [6, 6.07) is 4.73. The third kappa shape index (κ3) is 3.81. The Labute approximate surface area is 97.3 Å². The van der Waals surface area contributed by atoms with E-state index in [1.807, 2.05) is 0 Å². The molecule has 0 aliphatic rings. The maximum Gasteiger partial charge on any atom is 0.414 e. The maximum atomic E-state index is 12.2. The van der Waals surface area contributed by atoms with Gasteiger partial charge in [0.1, 0.15) is 5.75 Å². The summed E-state index contributed by atoms with van der Waals surface area (Å²) in [6.07, 6.45) is -6.19. The van der Waals surface area contributed by atoms with Crippen LogP contribution in [0.15, 0.2) is 18.2 Å². The largest absolute Gasteiger partial charge is 0.496 e. The monoisotopic (exact) mass is 249 g/mol. The molecule has 1 atom stereocenters. The molecule has 3 nitrogen and oxygen atoms in total. The lowest BCUT2D eigenvalue weighted by Gasteiger charge is -2.17. The number of hydrogen-bond donors (Lipinski definition) is 1.